The van der Waals surface area contributed by atoms with Gasteiger partial charge in [0, 0.05) is 18.1 Å². The van der Waals surface area contributed by atoms with E-state index in [4.69, 9.17) is 15.7 Å². The second-order valence-electron chi connectivity index (χ2n) is 8.89. The summed E-state index contributed by atoms with van der Waals surface area (Å²) in [4.78, 5) is 25.9. The zero-order valence-electron chi connectivity index (χ0n) is 18.0. The molecule has 2 aliphatic carbocycles. The van der Waals surface area contributed by atoms with E-state index in [-0.39, 0.29) is 17.6 Å². The molecule has 2 heterocycles. The van der Waals surface area contributed by atoms with E-state index in [0.717, 1.165) is 44.2 Å². The first-order valence-corrected chi connectivity index (χ1v) is 11.4. The van der Waals surface area contributed by atoms with Crippen molar-refractivity contribution in [2.45, 2.75) is 69.5 Å². The van der Waals surface area contributed by atoms with Crippen molar-refractivity contribution in [3.05, 3.63) is 36.2 Å². The third-order valence-corrected chi connectivity index (χ3v) is 6.66. The number of hydrogen-bond acceptors (Lipinski definition) is 7. The monoisotopic (exact) mass is 435 g/mol. The lowest BCUT2D eigenvalue weighted by Crippen LogP contribution is -2.33. The van der Waals surface area contributed by atoms with Gasteiger partial charge in [0.2, 0.25) is 5.95 Å². The van der Waals surface area contributed by atoms with Gasteiger partial charge in [-0.25, -0.2) is 9.78 Å². The molecule has 2 saturated carbocycles. The fourth-order valence-corrected chi connectivity index (χ4v) is 4.87. The number of carboxylic acids is 1. The maximum absolute atomic E-state index is 11.7. The second-order valence-corrected chi connectivity index (χ2v) is 8.89. The van der Waals surface area contributed by atoms with E-state index >= 15 is 0 Å². The quantitative estimate of drug-likeness (QED) is 0.456. The Bertz CT molecular complexity index is 1110. The maximum atomic E-state index is 11.7. The van der Waals surface area contributed by atoms with Crippen LogP contribution < -0.4 is 16.4 Å². The predicted molar refractivity (Wildman–Crippen MR) is 123 cm³/mol. The third-order valence-electron chi connectivity index (χ3n) is 6.66. The van der Waals surface area contributed by atoms with E-state index in [1.54, 1.807) is 24.3 Å². The van der Waals surface area contributed by atoms with Crippen molar-refractivity contribution in [3.63, 3.8) is 0 Å². The smallest absolute Gasteiger partial charge is 0.337 e. The molecule has 1 aromatic carbocycles. The number of imidazole rings is 1. The van der Waals surface area contributed by atoms with Crippen LogP contribution in [0.5, 0.6) is 0 Å². The van der Waals surface area contributed by atoms with Gasteiger partial charge < -0.3 is 26.0 Å². The van der Waals surface area contributed by atoms with Crippen LogP contribution in [-0.4, -0.2) is 42.7 Å². The Hall–Kier alpha value is -3.20. The summed E-state index contributed by atoms with van der Waals surface area (Å²) >= 11 is 0. The highest BCUT2D eigenvalue weighted by atomic mass is 16.4. The van der Waals surface area contributed by atoms with E-state index in [1.807, 2.05) is 6.33 Å². The number of carboxylic acid groups (broad SMARTS) is 1. The molecule has 0 spiro atoms. The number of nitrogens with two attached hydrogens (primary N) is 1. The maximum Gasteiger partial charge on any atom is 0.337 e. The average Bonchev–Trinajstić information content (AvgIpc) is 3.45. The zero-order chi connectivity index (χ0) is 22.1. The first-order valence-electron chi connectivity index (χ1n) is 11.4. The van der Waals surface area contributed by atoms with Gasteiger partial charge in [0.1, 0.15) is 0 Å². The molecule has 2 fully saturated rings. The SMILES string of the molecule is NC1CCC(Nc2nc(Nc3ccccc3C(=O)O)c3ncn(C4CCCC4)c3n2)CC1. The first-order chi connectivity index (χ1) is 15.6. The summed E-state index contributed by atoms with van der Waals surface area (Å²) in [6.45, 7) is 0. The van der Waals surface area contributed by atoms with Crippen molar-refractivity contribution in [1.82, 2.24) is 19.5 Å². The van der Waals surface area contributed by atoms with Gasteiger partial charge in [-0.1, -0.05) is 25.0 Å². The first kappa shape index (κ1) is 20.7. The zero-order valence-corrected chi connectivity index (χ0v) is 18.0. The molecule has 9 nitrogen and oxygen atoms in total. The van der Waals surface area contributed by atoms with E-state index in [0.29, 0.717) is 29.0 Å². The van der Waals surface area contributed by atoms with Crippen molar-refractivity contribution >= 4 is 34.6 Å². The summed E-state index contributed by atoms with van der Waals surface area (Å²) in [5, 5.41) is 16.3. The summed E-state index contributed by atoms with van der Waals surface area (Å²) in [6, 6.07) is 7.74. The van der Waals surface area contributed by atoms with Gasteiger partial charge in [0.15, 0.2) is 17.0 Å². The molecule has 168 valence electrons. The van der Waals surface area contributed by atoms with Crippen molar-refractivity contribution in [2.75, 3.05) is 10.6 Å². The normalized spacial score (nSPS) is 21.7. The molecule has 0 saturated heterocycles. The fourth-order valence-electron chi connectivity index (χ4n) is 4.87. The molecular formula is C23H29N7O2. The van der Waals surface area contributed by atoms with Crippen molar-refractivity contribution in [1.29, 1.82) is 0 Å². The third kappa shape index (κ3) is 4.12. The van der Waals surface area contributed by atoms with E-state index in [9.17, 15) is 9.90 Å². The Morgan fingerprint density at radius 3 is 2.56 bits per heavy atom. The van der Waals surface area contributed by atoms with Crippen LogP contribution in [0.3, 0.4) is 0 Å². The number of rotatable bonds is 6. The Balaban J connectivity index is 1.54. The summed E-state index contributed by atoms with van der Waals surface area (Å²) in [7, 11) is 0. The lowest BCUT2D eigenvalue weighted by Gasteiger charge is -2.27. The molecule has 5 N–H and O–H groups in total. The molecule has 3 aromatic rings. The van der Waals surface area contributed by atoms with Gasteiger partial charge in [-0.3, -0.25) is 0 Å². The Morgan fingerprint density at radius 2 is 1.81 bits per heavy atom. The number of aromatic carboxylic acids is 1. The topological polar surface area (TPSA) is 131 Å². The minimum absolute atomic E-state index is 0.185. The van der Waals surface area contributed by atoms with Gasteiger partial charge in [-0.15, -0.1) is 0 Å². The molecule has 9 heteroatoms. The van der Waals surface area contributed by atoms with E-state index < -0.39 is 5.97 Å². The van der Waals surface area contributed by atoms with Crippen molar-refractivity contribution in [2.24, 2.45) is 5.73 Å². The molecule has 32 heavy (non-hydrogen) atoms. The van der Waals surface area contributed by atoms with Crippen LogP contribution in [0.4, 0.5) is 17.5 Å². The van der Waals surface area contributed by atoms with E-state index in [1.165, 1.54) is 12.8 Å². The van der Waals surface area contributed by atoms with Gasteiger partial charge in [-0.05, 0) is 50.7 Å². The molecule has 2 aromatic heterocycles. The molecule has 0 bridgehead atoms. The summed E-state index contributed by atoms with van der Waals surface area (Å²) in [5.74, 6) is 0.0512. The van der Waals surface area contributed by atoms with Crippen molar-refractivity contribution < 1.29 is 9.90 Å². The summed E-state index contributed by atoms with van der Waals surface area (Å²) < 4.78 is 2.15. The minimum Gasteiger partial charge on any atom is -0.478 e. The minimum atomic E-state index is -0.994. The molecule has 0 radical (unpaired) electrons. The Kier molecular flexibility index (Phi) is 5.65. The van der Waals surface area contributed by atoms with Gasteiger partial charge in [-0.2, -0.15) is 9.97 Å². The highest BCUT2D eigenvalue weighted by Gasteiger charge is 2.24. The van der Waals surface area contributed by atoms with Gasteiger partial charge in [0.05, 0.1) is 17.6 Å². The van der Waals surface area contributed by atoms with Gasteiger partial charge in [0.25, 0.3) is 0 Å². The van der Waals surface area contributed by atoms with Crippen LogP contribution in [0.2, 0.25) is 0 Å². The fraction of sp³-hybridized carbons (Fsp3) is 0.478. The van der Waals surface area contributed by atoms with Crippen molar-refractivity contribution in [3.8, 4) is 0 Å². The number of benzene rings is 1. The number of nitrogens with zero attached hydrogens (tertiary/aromatic N) is 4. The predicted octanol–water partition coefficient (Wildman–Crippen LogP) is 4.07. The number of nitrogens with one attached hydrogen (secondary N) is 2. The Labute approximate surface area is 186 Å². The lowest BCUT2D eigenvalue weighted by molar-refractivity contribution is 0.0698. The molecule has 0 aliphatic heterocycles. The van der Waals surface area contributed by atoms with Crippen LogP contribution in [0.15, 0.2) is 30.6 Å². The van der Waals surface area contributed by atoms with Crippen LogP contribution in [0, 0.1) is 0 Å². The van der Waals surface area contributed by atoms with Crippen LogP contribution in [-0.2, 0) is 0 Å². The van der Waals surface area contributed by atoms with Gasteiger partial charge >= 0.3 is 5.97 Å². The van der Waals surface area contributed by atoms with E-state index in [2.05, 4.69) is 20.2 Å². The number of fused-ring (bicyclic) bond motifs is 1. The van der Waals surface area contributed by atoms with Crippen LogP contribution in [0.1, 0.15) is 67.8 Å². The number of para-hydroxylation sites is 1. The number of anilines is 3. The second kappa shape index (κ2) is 8.74. The summed E-state index contributed by atoms with van der Waals surface area (Å²) in [6.07, 6.45) is 10.4. The molecule has 0 atom stereocenters. The molecule has 0 amide bonds. The lowest BCUT2D eigenvalue weighted by atomic mass is 9.92. The number of carbonyl (C=O) groups is 1. The molecule has 0 unspecified atom stereocenters. The standard InChI is InChI=1S/C23H29N7O2/c24-14-9-11-15(12-10-14)26-23-28-20(27-18-8-4-3-7-17(18)22(31)32)19-21(29-23)30(13-25-19)16-5-1-2-6-16/h3-4,7-8,13-16H,1-2,5-6,9-12,24H2,(H,31,32)(H2,26,27,28,29). The highest BCUT2D eigenvalue weighted by molar-refractivity contribution is 5.96. The molecular weight excluding hydrogens is 406 g/mol. The number of hydrogen-bond donors (Lipinski definition) is 4. The summed E-state index contributed by atoms with van der Waals surface area (Å²) in [5.41, 5.74) is 8.14. The number of aromatic nitrogens is 4. The average molecular weight is 436 g/mol. The largest absolute Gasteiger partial charge is 0.478 e. The van der Waals surface area contributed by atoms with Crippen LogP contribution in [0.25, 0.3) is 11.2 Å². The van der Waals surface area contributed by atoms with Crippen LogP contribution >= 0.6 is 0 Å². The highest BCUT2D eigenvalue weighted by Crippen LogP contribution is 2.34. The Morgan fingerprint density at radius 1 is 1.06 bits per heavy atom. The molecule has 2 aliphatic rings. The molecule has 5 rings (SSSR count).